The molecule has 0 heterocycles. The lowest BCUT2D eigenvalue weighted by Gasteiger charge is -2.10. The molecule has 18 heavy (non-hydrogen) atoms. The van der Waals surface area contributed by atoms with Gasteiger partial charge in [-0.1, -0.05) is 24.3 Å². The van der Waals surface area contributed by atoms with Crippen LogP contribution in [-0.4, -0.2) is 22.8 Å². The molecule has 0 bridgehead atoms. The van der Waals surface area contributed by atoms with Crippen molar-refractivity contribution in [2.75, 3.05) is 23.9 Å². The summed E-state index contributed by atoms with van der Waals surface area (Å²) in [6.07, 6.45) is 1.69. The average molecular weight is 258 g/mol. The zero-order valence-corrected chi connectivity index (χ0v) is 11.0. The quantitative estimate of drug-likeness (QED) is 0.916. The van der Waals surface area contributed by atoms with Crippen molar-refractivity contribution in [2.45, 2.75) is 0 Å². The zero-order chi connectivity index (χ0) is 13.0. The van der Waals surface area contributed by atoms with Crippen LogP contribution < -0.4 is 5.32 Å². The molecule has 0 radical (unpaired) electrons. The lowest BCUT2D eigenvalue weighted by atomic mass is 10.0. The molecule has 1 N–H and O–H groups in total. The molecule has 92 valence electrons. The van der Waals surface area contributed by atoms with Gasteiger partial charge in [0.05, 0.1) is 11.6 Å². The van der Waals surface area contributed by atoms with E-state index in [1.54, 1.807) is 6.26 Å². The Morgan fingerprint density at radius 2 is 1.94 bits per heavy atom. The van der Waals surface area contributed by atoms with Gasteiger partial charge in [0.1, 0.15) is 0 Å². The highest BCUT2D eigenvalue weighted by atomic mass is 32.2. The van der Waals surface area contributed by atoms with Gasteiger partial charge in [0.2, 0.25) is 0 Å². The second kappa shape index (κ2) is 5.65. The van der Waals surface area contributed by atoms with Crippen LogP contribution in [0.1, 0.15) is 5.56 Å². The summed E-state index contributed by atoms with van der Waals surface area (Å²) in [6.45, 7) is 0.666. The summed E-state index contributed by atoms with van der Waals surface area (Å²) < 4.78 is 11.0. The van der Waals surface area contributed by atoms with Crippen LogP contribution in [0.2, 0.25) is 0 Å². The van der Waals surface area contributed by atoms with E-state index in [0.29, 0.717) is 17.9 Å². The molecule has 4 heteroatoms. The fraction of sp³-hybridized carbons (Fsp3) is 0.214. The van der Waals surface area contributed by atoms with Gasteiger partial charge in [0, 0.05) is 45.8 Å². The van der Waals surface area contributed by atoms with Crippen molar-refractivity contribution in [2.24, 2.45) is 0 Å². The van der Waals surface area contributed by atoms with E-state index in [0.717, 1.165) is 16.5 Å². The largest absolute Gasteiger partial charge is 0.384 e. The second-order valence-electron chi connectivity index (χ2n) is 4.02. The van der Waals surface area contributed by atoms with Crippen molar-refractivity contribution in [1.29, 1.82) is 5.26 Å². The number of nitriles is 1. The maximum Gasteiger partial charge on any atom is 0.0998 e. The molecule has 2 aromatic rings. The van der Waals surface area contributed by atoms with Gasteiger partial charge in [-0.25, -0.2) is 0 Å². The number of hydrogen-bond acceptors (Lipinski definition) is 3. The summed E-state index contributed by atoms with van der Waals surface area (Å²) in [6, 6.07) is 13.7. The zero-order valence-electron chi connectivity index (χ0n) is 10.1. The molecule has 0 aromatic heterocycles. The molecule has 0 fully saturated rings. The number of anilines is 1. The smallest absolute Gasteiger partial charge is 0.0998 e. The molecule has 0 spiro atoms. The first-order chi connectivity index (χ1) is 8.72. The third-order valence-corrected chi connectivity index (χ3v) is 3.53. The Labute approximate surface area is 109 Å². The van der Waals surface area contributed by atoms with Crippen molar-refractivity contribution in [1.82, 2.24) is 0 Å². The van der Waals surface area contributed by atoms with Crippen molar-refractivity contribution in [3.8, 4) is 6.07 Å². The van der Waals surface area contributed by atoms with Crippen molar-refractivity contribution in [3.05, 3.63) is 42.0 Å². The molecule has 0 amide bonds. The topological polar surface area (TPSA) is 52.9 Å². The average Bonchev–Trinajstić information content (AvgIpc) is 2.38. The van der Waals surface area contributed by atoms with E-state index in [1.165, 1.54) is 0 Å². The van der Waals surface area contributed by atoms with E-state index in [2.05, 4.69) is 11.4 Å². The van der Waals surface area contributed by atoms with E-state index in [1.807, 2.05) is 36.4 Å². The Kier molecular flexibility index (Phi) is 3.96. The molecular weight excluding hydrogens is 244 g/mol. The molecule has 0 aliphatic rings. The predicted molar refractivity (Wildman–Crippen MR) is 76.1 cm³/mol. The Morgan fingerprint density at radius 3 is 2.61 bits per heavy atom. The van der Waals surface area contributed by atoms with Crippen LogP contribution in [0.15, 0.2) is 36.4 Å². The Morgan fingerprint density at radius 1 is 1.22 bits per heavy atom. The highest BCUT2D eigenvalue weighted by molar-refractivity contribution is 7.84. The lowest BCUT2D eigenvalue weighted by Crippen LogP contribution is -2.10. The van der Waals surface area contributed by atoms with Crippen LogP contribution in [0, 0.1) is 11.3 Å². The number of benzene rings is 2. The Hall–Kier alpha value is -1.86. The minimum atomic E-state index is -0.794. The molecule has 2 rings (SSSR count). The maximum atomic E-state index is 11.0. The molecule has 2 aromatic carbocycles. The van der Waals surface area contributed by atoms with Crippen LogP contribution in [0.5, 0.6) is 0 Å². The number of hydrogen-bond donors (Lipinski definition) is 1. The van der Waals surface area contributed by atoms with E-state index < -0.39 is 10.8 Å². The van der Waals surface area contributed by atoms with Gasteiger partial charge < -0.3 is 5.32 Å². The van der Waals surface area contributed by atoms with Crippen LogP contribution >= 0.6 is 0 Å². The minimum absolute atomic E-state index is 0.619. The van der Waals surface area contributed by atoms with Gasteiger partial charge in [-0.2, -0.15) is 5.26 Å². The van der Waals surface area contributed by atoms with Crippen molar-refractivity contribution in [3.63, 3.8) is 0 Å². The minimum Gasteiger partial charge on any atom is -0.384 e. The highest BCUT2D eigenvalue weighted by Crippen LogP contribution is 2.26. The third-order valence-electron chi connectivity index (χ3n) is 2.75. The monoisotopic (exact) mass is 258 g/mol. The Bertz CT molecular complexity index is 631. The van der Waals surface area contributed by atoms with E-state index in [-0.39, 0.29) is 0 Å². The third kappa shape index (κ3) is 2.69. The fourth-order valence-electron chi connectivity index (χ4n) is 1.88. The molecule has 0 saturated heterocycles. The van der Waals surface area contributed by atoms with Crippen molar-refractivity contribution < 1.29 is 4.21 Å². The highest BCUT2D eigenvalue weighted by Gasteiger charge is 2.04. The van der Waals surface area contributed by atoms with Gasteiger partial charge in [-0.3, -0.25) is 4.21 Å². The van der Waals surface area contributed by atoms with Crippen LogP contribution in [0.3, 0.4) is 0 Å². The summed E-state index contributed by atoms with van der Waals surface area (Å²) in [5, 5.41) is 14.3. The maximum absolute atomic E-state index is 11.0. The SMILES string of the molecule is CS(=O)CCNc1ccc(C#N)c2ccccc12. The lowest BCUT2D eigenvalue weighted by molar-refractivity contribution is 0.687. The summed E-state index contributed by atoms with van der Waals surface area (Å²) >= 11 is 0. The van der Waals surface area contributed by atoms with E-state index in [4.69, 9.17) is 5.26 Å². The summed E-state index contributed by atoms with van der Waals surface area (Å²) in [5.74, 6) is 0.619. The van der Waals surface area contributed by atoms with Gasteiger partial charge >= 0.3 is 0 Å². The summed E-state index contributed by atoms with van der Waals surface area (Å²) in [7, 11) is -0.794. The number of fused-ring (bicyclic) bond motifs is 1. The molecule has 3 nitrogen and oxygen atoms in total. The van der Waals surface area contributed by atoms with Crippen LogP contribution in [0.4, 0.5) is 5.69 Å². The number of rotatable bonds is 4. The van der Waals surface area contributed by atoms with Gasteiger partial charge in [-0.05, 0) is 12.1 Å². The van der Waals surface area contributed by atoms with Crippen LogP contribution in [0.25, 0.3) is 10.8 Å². The van der Waals surface area contributed by atoms with Gasteiger partial charge in [0.25, 0.3) is 0 Å². The Balaban J connectivity index is 2.35. The first-order valence-electron chi connectivity index (χ1n) is 5.68. The number of nitrogens with one attached hydrogen (secondary N) is 1. The first-order valence-corrected chi connectivity index (χ1v) is 7.41. The molecule has 0 aliphatic heterocycles. The van der Waals surface area contributed by atoms with Crippen LogP contribution in [-0.2, 0) is 10.8 Å². The standard InChI is InChI=1S/C14H14N2OS/c1-18(17)9-8-16-14-7-6-11(10-15)12-4-2-3-5-13(12)14/h2-7,16H,8-9H2,1H3. The predicted octanol–water partition coefficient (Wildman–Crippen LogP) is 2.50. The number of nitrogens with zero attached hydrogens (tertiary/aromatic N) is 1. The molecule has 1 unspecified atom stereocenters. The summed E-state index contributed by atoms with van der Waals surface area (Å²) in [5.41, 5.74) is 1.66. The van der Waals surface area contributed by atoms with Gasteiger partial charge in [-0.15, -0.1) is 0 Å². The molecule has 0 aliphatic carbocycles. The normalized spacial score (nSPS) is 12.0. The van der Waals surface area contributed by atoms with E-state index in [9.17, 15) is 4.21 Å². The summed E-state index contributed by atoms with van der Waals surface area (Å²) in [4.78, 5) is 0. The first kappa shape index (κ1) is 12.6. The van der Waals surface area contributed by atoms with Crippen molar-refractivity contribution >= 4 is 27.3 Å². The van der Waals surface area contributed by atoms with Gasteiger partial charge in [0.15, 0.2) is 0 Å². The molecule has 0 saturated carbocycles. The fourth-order valence-corrected chi connectivity index (χ4v) is 2.27. The second-order valence-corrected chi connectivity index (χ2v) is 5.58. The van der Waals surface area contributed by atoms with E-state index >= 15 is 0 Å². The molecule has 1 atom stereocenters. The molecular formula is C14H14N2OS.